The molecule has 2 aromatic rings. The molecular formula is C14H20N4O. The van der Waals surface area contributed by atoms with E-state index in [9.17, 15) is 4.79 Å². The van der Waals surface area contributed by atoms with Crippen LogP contribution in [0.4, 0.5) is 0 Å². The molecule has 1 aromatic carbocycles. The van der Waals surface area contributed by atoms with Crippen LogP contribution in [-0.2, 0) is 6.42 Å². The standard InChI is InChI=1S/C14H20N4O/c1-18(9-11-7-15-8-11)5-4-10-2-3-12-13(6-10)17-14(19)16-12/h2-3,6,11,15H,4-5,7-9H2,1H3,(H2,16,17,19). The normalized spacial score (nSPS) is 16.1. The Labute approximate surface area is 112 Å². The maximum atomic E-state index is 11.2. The highest BCUT2D eigenvalue weighted by Crippen LogP contribution is 2.11. The van der Waals surface area contributed by atoms with E-state index < -0.39 is 0 Å². The first-order valence-electron chi connectivity index (χ1n) is 6.81. The van der Waals surface area contributed by atoms with Gasteiger partial charge in [-0.25, -0.2) is 4.79 Å². The molecule has 1 saturated heterocycles. The summed E-state index contributed by atoms with van der Waals surface area (Å²) in [6.07, 6.45) is 1.01. The van der Waals surface area contributed by atoms with Crippen molar-refractivity contribution in [3.63, 3.8) is 0 Å². The van der Waals surface area contributed by atoms with Crippen molar-refractivity contribution in [2.24, 2.45) is 5.92 Å². The van der Waals surface area contributed by atoms with Crippen LogP contribution in [0.25, 0.3) is 11.0 Å². The van der Waals surface area contributed by atoms with E-state index in [-0.39, 0.29) is 5.69 Å². The van der Waals surface area contributed by atoms with Gasteiger partial charge in [0.15, 0.2) is 0 Å². The minimum atomic E-state index is -0.137. The molecule has 2 heterocycles. The van der Waals surface area contributed by atoms with Crippen molar-refractivity contribution in [3.05, 3.63) is 34.2 Å². The van der Waals surface area contributed by atoms with Gasteiger partial charge >= 0.3 is 5.69 Å². The van der Waals surface area contributed by atoms with Crippen molar-refractivity contribution < 1.29 is 0 Å². The van der Waals surface area contributed by atoms with E-state index in [2.05, 4.69) is 39.4 Å². The van der Waals surface area contributed by atoms with Crippen LogP contribution < -0.4 is 11.0 Å². The highest BCUT2D eigenvalue weighted by molar-refractivity contribution is 5.74. The van der Waals surface area contributed by atoms with Gasteiger partial charge < -0.3 is 20.2 Å². The number of nitrogens with one attached hydrogen (secondary N) is 3. The molecule has 0 spiro atoms. The maximum Gasteiger partial charge on any atom is 0.323 e. The van der Waals surface area contributed by atoms with Crippen LogP contribution >= 0.6 is 0 Å². The van der Waals surface area contributed by atoms with E-state index in [1.54, 1.807) is 0 Å². The Balaban J connectivity index is 1.59. The minimum Gasteiger partial charge on any atom is -0.316 e. The molecule has 3 N–H and O–H groups in total. The summed E-state index contributed by atoms with van der Waals surface area (Å²) in [4.78, 5) is 19.2. The molecule has 0 aliphatic carbocycles. The predicted molar refractivity (Wildman–Crippen MR) is 76.5 cm³/mol. The van der Waals surface area contributed by atoms with Crippen LogP contribution in [-0.4, -0.2) is 48.1 Å². The van der Waals surface area contributed by atoms with Gasteiger partial charge in [0, 0.05) is 26.2 Å². The Kier molecular flexibility index (Phi) is 3.40. The van der Waals surface area contributed by atoms with Gasteiger partial charge in [0.1, 0.15) is 0 Å². The third kappa shape index (κ3) is 2.88. The molecule has 5 heteroatoms. The van der Waals surface area contributed by atoms with Crippen LogP contribution in [0.3, 0.4) is 0 Å². The average Bonchev–Trinajstić information content (AvgIpc) is 2.70. The second kappa shape index (κ2) is 5.19. The number of fused-ring (bicyclic) bond motifs is 1. The van der Waals surface area contributed by atoms with Crippen LogP contribution in [0, 0.1) is 5.92 Å². The second-order valence-electron chi connectivity index (χ2n) is 5.50. The summed E-state index contributed by atoms with van der Waals surface area (Å²) in [5.41, 5.74) is 2.90. The fraction of sp³-hybridized carbons (Fsp3) is 0.500. The molecular weight excluding hydrogens is 240 g/mol. The number of aromatic nitrogens is 2. The van der Waals surface area contributed by atoms with E-state index in [4.69, 9.17) is 0 Å². The molecule has 1 aliphatic rings. The lowest BCUT2D eigenvalue weighted by atomic mass is 10.0. The summed E-state index contributed by atoms with van der Waals surface area (Å²) in [7, 11) is 2.18. The number of aromatic amines is 2. The van der Waals surface area contributed by atoms with Crippen molar-refractivity contribution in [2.75, 3.05) is 33.2 Å². The molecule has 19 heavy (non-hydrogen) atoms. The smallest absolute Gasteiger partial charge is 0.316 e. The second-order valence-corrected chi connectivity index (χ2v) is 5.50. The quantitative estimate of drug-likeness (QED) is 0.735. The lowest BCUT2D eigenvalue weighted by molar-refractivity contribution is 0.226. The van der Waals surface area contributed by atoms with E-state index in [0.717, 1.165) is 49.6 Å². The highest BCUT2D eigenvalue weighted by Gasteiger charge is 2.17. The Hall–Kier alpha value is -1.59. The highest BCUT2D eigenvalue weighted by atomic mass is 16.1. The lowest BCUT2D eigenvalue weighted by Gasteiger charge is -2.31. The fourth-order valence-corrected chi connectivity index (χ4v) is 2.56. The number of nitrogens with zero attached hydrogens (tertiary/aromatic N) is 1. The van der Waals surface area contributed by atoms with Crippen molar-refractivity contribution >= 4 is 11.0 Å². The van der Waals surface area contributed by atoms with Crippen molar-refractivity contribution in [1.82, 2.24) is 20.2 Å². The Morgan fingerprint density at radius 3 is 2.79 bits per heavy atom. The molecule has 0 unspecified atom stereocenters. The van der Waals surface area contributed by atoms with Gasteiger partial charge in [-0.1, -0.05) is 6.07 Å². The summed E-state index contributed by atoms with van der Waals surface area (Å²) in [6, 6.07) is 6.12. The zero-order valence-corrected chi connectivity index (χ0v) is 11.2. The number of benzene rings is 1. The molecule has 0 radical (unpaired) electrons. The summed E-state index contributed by atoms with van der Waals surface area (Å²) in [5.74, 6) is 0.813. The largest absolute Gasteiger partial charge is 0.323 e. The summed E-state index contributed by atoms with van der Waals surface area (Å²) >= 11 is 0. The predicted octanol–water partition coefficient (Wildman–Crippen LogP) is 0.550. The first-order valence-corrected chi connectivity index (χ1v) is 6.81. The number of imidazole rings is 1. The van der Waals surface area contributed by atoms with E-state index in [1.165, 1.54) is 5.56 Å². The van der Waals surface area contributed by atoms with Gasteiger partial charge in [0.2, 0.25) is 0 Å². The van der Waals surface area contributed by atoms with Crippen molar-refractivity contribution in [1.29, 1.82) is 0 Å². The molecule has 0 saturated carbocycles. The zero-order chi connectivity index (χ0) is 13.2. The zero-order valence-electron chi connectivity index (χ0n) is 11.2. The van der Waals surface area contributed by atoms with Gasteiger partial charge in [-0.2, -0.15) is 0 Å². The SMILES string of the molecule is CN(CCc1ccc2[nH]c(=O)[nH]c2c1)CC1CNC1. The molecule has 102 valence electrons. The van der Waals surface area contributed by atoms with E-state index in [1.807, 2.05) is 6.07 Å². The van der Waals surface area contributed by atoms with Crippen molar-refractivity contribution in [2.45, 2.75) is 6.42 Å². The van der Waals surface area contributed by atoms with Crippen LogP contribution in [0.15, 0.2) is 23.0 Å². The number of H-pyrrole nitrogens is 2. The van der Waals surface area contributed by atoms with Crippen LogP contribution in [0.5, 0.6) is 0 Å². The average molecular weight is 260 g/mol. The number of rotatable bonds is 5. The minimum absolute atomic E-state index is 0.137. The number of hydrogen-bond donors (Lipinski definition) is 3. The van der Waals surface area contributed by atoms with Crippen LogP contribution in [0.1, 0.15) is 5.56 Å². The Morgan fingerprint density at radius 1 is 1.26 bits per heavy atom. The van der Waals surface area contributed by atoms with Gasteiger partial charge in [-0.3, -0.25) is 0 Å². The third-order valence-electron chi connectivity index (χ3n) is 3.80. The molecule has 5 nitrogen and oxygen atoms in total. The topological polar surface area (TPSA) is 63.9 Å². The molecule has 0 bridgehead atoms. The molecule has 1 aliphatic heterocycles. The molecule has 1 fully saturated rings. The monoisotopic (exact) mass is 260 g/mol. The first-order chi connectivity index (χ1) is 9.20. The van der Waals surface area contributed by atoms with Crippen LogP contribution in [0.2, 0.25) is 0 Å². The van der Waals surface area contributed by atoms with Gasteiger partial charge in [-0.15, -0.1) is 0 Å². The Bertz CT molecular complexity index is 611. The number of likely N-dealkylation sites (N-methyl/N-ethyl adjacent to an activating group) is 1. The lowest BCUT2D eigenvalue weighted by Crippen LogP contribution is -2.47. The maximum absolute atomic E-state index is 11.2. The number of hydrogen-bond acceptors (Lipinski definition) is 3. The fourth-order valence-electron chi connectivity index (χ4n) is 2.56. The van der Waals surface area contributed by atoms with Gasteiger partial charge in [0.25, 0.3) is 0 Å². The Morgan fingerprint density at radius 2 is 2.05 bits per heavy atom. The molecule has 3 rings (SSSR count). The molecule has 0 amide bonds. The first kappa shape index (κ1) is 12.4. The summed E-state index contributed by atoms with van der Waals surface area (Å²) in [5, 5.41) is 3.30. The summed E-state index contributed by atoms with van der Waals surface area (Å²) < 4.78 is 0. The summed E-state index contributed by atoms with van der Waals surface area (Å²) in [6.45, 7) is 4.52. The molecule has 1 aromatic heterocycles. The van der Waals surface area contributed by atoms with Gasteiger partial charge in [0.05, 0.1) is 11.0 Å². The van der Waals surface area contributed by atoms with E-state index >= 15 is 0 Å². The van der Waals surface area contributed by atoms with E-state index in [0.29, 0.717) is 0 Å². The molecule has 0 atom stereocenters. The van der Waals surface area contributed by atoms with Gasteiger partial charge in [-0.05, 0) is 37.1 Å². The third-order valence-corrected chi connectivity index (χ3v) is 3.80. The van der Waals surface area contributed by atoms with Crippen molar-refractivity contribution in [3.8, 4) is 0 Å².